The molecule has 1 N–H and O–H groups in total. The van der Waals surface area contributed by atoms with Gasteiger partial charge in [0.25, 0.3) is 0 Å². The lowest BCUT2D eigenvalue weighted by Crippen LogP contribution is -2.41. The van der Waals surface area contributed by atoms with Gasteiger partial charge in [-0.2, -0.15) is 11.3 Å². The second kappa shape index (κ2) is 7.06. The molecule has 2 heterocycles. The van der Waals surface area contributed by atoms with Crippen LogP contribution in [0.15, 0.2) is 41.1 Å². The molecule has 5 rings (SSSR count). The molecule has 4 heteroatoms. The molecule has 1 spiro atoms. The lowest BCUT2D eigenvalue weighted by atomic mass is 9.73. The van der Waals surface area contributed by atoms with Gasteiger partial charge in [-0.1, -0.05) is 24.3 Å². The lowest BCUT2D eigenvalue weighted by molar-refractivity contribution is -0.121. The summed E-state index contributed by atoms with van der Waals surface area (Å²) in [7, 11) is 0. The van der Waals surface area contributed by atoms with Gasteiger partial charge in [0.1, 0.15) is 0 Å². The highest BCUT2D eigenvalue weighted by molar-refractivity contribution is 7.07. The zero-order chi connectivity index (χ0) is 18.3. The van der Waals surface area contributed by atoms with Crippen molar-refractivity contribution in [2.24, 2.45) is 0 Å². The first-order valence-electron chi connectivity index (χ1n) is 10.3. The standard InChI is InChI=1S/C23H28N2OS/c26-22(24-19-5-6-19)13-18-14-23(21-4-2-1-3-20(18)21)8-10-25(11-9-23)15-17-7-12-27-16-17/h1-4,7,12,16,18-19H,5-6,8-11,13-15H2,(H,24,26). The van der Waals surface area contributed by atoms with Crippen LogP contribution in [0.3, 0.4) is 0 Å². The molecule has 27 heavy (non-hydrogen) atoms. The SMILES string of the molecule is O=C(CC1CC2(CCN(Cc3ccsc3)CC2)c2ccccc21)NC1CC1. The van der Waals surface area contributed by atoms with Gasteiger partial charge in [-0.05, 0) is 90.0 Å². The Hall–Kier alpha value is -1.65. The number of amides is 1. The Labute approximate surface area is 165 Å². The highest BCUT2D eigenvalue weighted by atomic mass is 32.1. The minimum atomic E-state index is 0.254. The number of hydrogen-bond donors (Lipinski definition) is 1. The number of nitrogens with one attached hydrogen (secondary N) is 1. The Morgan fingerprint density at radius 2 is 2.00 bits per heavy atom. The number of thiophene rings is 1. The Kier molecular flexibility index (Phi) is 4.57. The number of hydrogen-bond acceptors (Lipinski definition) is 3. The van der Waals surface area contributed by atoms with Crippen LogP contribution in [-0.2, 0) is 16.8 Å². The fourth-order valence-corrected chi connectivity index (χ4v) is 5.86. The maximum atomic E-state index is 12.4. The van der Waals surface area contributed by atoms with Gasteiger partial charge in [-0.15, -0.1) is 0 Å². The smallest absolute Gasteiger partial charge is 0.220 e. The first-order valence-corrected chi connectivity index (χ1v) is 11.3. The van der Waals surface area contributed by atoms with E-state index in [-0.39, 0.29) is 11.3 Å². The van der Waals surface area contributed by atoms with Gasteiger partial charge in [-0.3, -0.25) is 9.69 Å². The zero-order valence-electron chi connectivity index (χ0n) is 15.8. The molecule has 2 aromatic rings. The van der Waals surface area contributed by atoms with Gasteiger partial charge in [0.2, 0.25) is 5.91 Å². The highest BCUT2D eigenvalue weighted by Crippen LogP contribution is 2.52. The van der Waals surface area contributed by atoms with Gasteiger partial charge in [0, 0.05) is 19.0 Å². The third kappa shape index (κ3) is 3.57. The Bertz CT molecular complexity index is 804. The number of piperidine rings is 1. The predicted octanol–water partition coefficient (Wildman–Crippen LogP) is 4.44. The molecule has 1 aromatic heterocycles. The summed E-state index contributed by atoms with van der Waals surface area (Å²) in [5.74, 6) is 0.646. The van der Waals surface area contributed by atoms with Crippen molar-refractivity contribution < 1.29 is 4.79 Å². The summed E-state index contributed by atoms with van der Waals surface area (Å²) in [5.41, 5.74) is 4.70. The van der Waals surface area contributed by atoms with E-state index in [1.54, 1.807) is 11.3 Å². The summed E-state index contributed by atoms with van der Waals surface area (Å²) in [6.07, 6.45) is 6.57. The minimum Gasteiger partial charge on any atom is -0.353 e. The van der Waals surface area contributed by atoms with Gasteiger partial charge < -0.3 is 5.32 Å². The second-order valence-electron chi connectivity index (χ2n) is 8.72. The van der Waals surface area contributed by atoms with Crippen molar-refractivity contribution in [3.63, 3.8) is 0 Å². The van der Waals surface area contributed by atoms with Crippen molar-refractivity contribution in [2.45, 2.75) is 62.4 Å². The molecule has 3 nitrogen and oxygen atoms in total. The molecule has 1 atom stereocenters. The average molecular weight is 381 g/mol. The van der Waals surface area contributed by atoms with E-state index in [1.807, 2.05) is 0 Å². The van der Waals surface area contributed by atoms with Crippen LogP contribution in [0.25, 0.3) is 0 Å². The number of fused-ring (bicyclic) bond motifs is 2. The molecule has 1 amide bonds. The van der Waals surface area contributed by atoms with Crippen LogP contribution < -0.4 is 5.32 Å². The third-order valence-electron chi connectivity index (χ3n) is 6.78. The molecular weight excluding hydrogens is 352 g/mol. The number of carbonyl (C=O) groups is 1. The number of carbonyl (C=O) groups excluding carboxylic acids is 1. The van der Waals surface area contributed by atoms with E-state index in [0.29, 0.717) is 18.4 Å². The number of rotatable bonds is 5. The van der Waals surface area contributed by atoms with E-state index < -0.39 is 0 Å². The van der Waals surface area contributed by atoms with Gasteiger partial charge in [0.15, 0.2) is 0 Å². The monoisotopic (exact) mass is 380 g/mol. The first-order chi connectivity index (χ1) is 13.2. The maximum absolute atomic E-state index is 12.4. The molecule has 1 aromatic carbocycles. The third-order valence-corrected chi connectivity index (χ3v) is 7.51. The van der Waals surface area contributed by atoms with E-state index in [2.05, 4.69) is 51.3 Å². The molecule has 0 radical (unpaired) electrons. The maximum Gasteiger partial charge on any atom is 0.220 e. The summed E-state index contributed by atoms with van der Waals surface area (Å²) in [6, 6.07) is 11.7. The molecule has 1 unspecified atom stereocenters. The van der Waals surface area contributed by atoms with Crippen LogP contribution >= 0.6 is 11.3 Å². The van der Waals surface area contributed by atoms with Gasteiger partial charge in [-0.25, -0.2) is 0 Å². The summed E-state index contributed by atoms with van der Waals surface area (Å²) < 4.78 is 0. The van der Waals surface area contributed by atoms with E-state index in [9.17, 15) is 4.79 Å². The van der Waals surface area contributed by atoms with Crippen LogP contribution in [0.2, 0.25) is 0 Å². The van der Waals surface area contributed by atoms with E-state index in [4.69, 9.17) is 0 Å². The number of benzene rings is 1. The molecule has 2 aliphatic carbocycles. The van der Waals surface area contributed by atoms with E-state index in [1.165, 1.54) is 29.5 Å². The van der Waals surface area contributed by atoms with Crippen LogP contribution in [0.4, 0.5) is 0 Å². The largest absolute Gasteiger partial charge is 0.353 e. The van der Waals surface area contributed by atoms with Crippen molar-refractivity contribution >= 4 is 17.2 Å². The topological polar surface area (TPSA) is 32.3 Å². The fraction of sp³-hybridized carbons (Fsp3) is 0.522. The van der Waals surface area contributed by atoms with Gasteiger partial charge >= 0.3 is 0 Å². The van der Waals surface area contributed by atoms with Crippen LogP contribution in [0.5, 0.6) is 0 Å². The average Bonchev–Trinajstić information content (AvgIpc) is 3.24. The van der Waals surface area contributed by atoms with E-state index in [0.717, 1.165) is 38.9 Å². The van der Waals surface area contributed by atoms with Crippen molar-refractivity contribution in [1.82, 2.24) is 10.2 Å². The summed E-state index contributed by atoms with van der Waals surface area (Å²) >= 11 is 1.79. The molecular formula is C23H28N2OS. The van der Waals surface area contributed by atoms with Crippen LogP contribution in [0.1, 0.15) is 61.1 Å². The van der Waals surface area contributed by atoms with Crippen molar-refractivity contribution in [2.75, 3.05) is 13.1 Å². The molecule has 1 saturated heterocycles. The van der Waals surface area contributed by atoms with Crippen molar-refractivity contribution in [3.8, 4) is 0 Å². The zero-order valence-corrected chi connectivity index (χ0v) is 16.6. The molecule has 3 aliphatic rings. The fourth-order valence-electron chi connectivity index (χ4n) is 5.20. The predicted molar refractivity (Wildman–Crippen MR) is 110 cm³/mol. The second-order valence-corrected chi connectivity index (χ2v) is 9.50. The molecule has 0 bridgehead atoms. The van der Waals surface area contributed by atoms with E-state index >= 15 is 0 Å². The normalized spacial score (nSPS) is 24.1. The van der Waals surface area contributed by atoms with Crippen molar-refractivity contribution in [1.29, 1.82) is 0 Å². The van der Waals surface area contributed by atoms with Crippen LogP contribution in [-0.4, -0.2) is 29.9 Å². The summed E-state index contributed by atoms with van der Waals surface area (Å²) in [5, 5.41) is 7.63. The molecule has 1 aliphatic heterocycles. The minimum absolute atomic E-state index is 0.254. The summed E-state index contributed by atoms with van der Waals surface area (Å²) in [4.78, 5) is 15.0. The first kappa shape index (κ1) is 17.4. The number of nitrogens with zero attached hydrogens (tertiary/aromatic N) is 1. The molecule has 2 fully saturated rings. The molecule has 1 saturated carbocycles. The quantitative estimate of drug-likeness (QED) is 0.832. The van der Waals surface area contributed by atoms with Crippen LogP contribution in [0, 0.1) is 0 Å². The lowest BCUT2D eigenvalue weighted by Gasteiger charge is -2.40. The van der Waals surface area contributed by atoms with Crippen molar-refractivity contribution in [3.05, 3.63) is 57.8 Å². The highest BCUT2D eigenvalue weighted by Gasteiger charge is 2.45. The Morgan fingerprint density at radius 1 is 1.19 bits per heavy atom. The van der Waals surface area contributed by atoms with Gasteiger partial charge in [0.05, 0.1) is 0 Å². The number of likely N-dealkylation sites (tertiary alicyclic amines) is 1. The molecule has 142 valence electrons. The Morgan fingerprint density at radius 3 is 2.74 bits per heavy atom. The summed E-state index contributed by atoms with van der Waals surface area (Å²) in [6.45, 7) is 3.39. The Balaban J connectivity index is 1.29.